The van der Waals surface area contributed by atoms with Gasteiger partial charge in [-0.05, 0) is 0 Å². The van der Waals surface area contributed by atoms with Crippen LogP contribution in [-0.2, 0) is 37.0 Å². The van der Waals surface area contributed by atoms with Crippen molar-refractivity contribution in [2.24, 2.45) is 0 Å². The van der Waals surface area contributed by atoms with Crippen LogP contribution in [0, 0.1) is 0 Å². The first-order valence-electron chi connectivity index (χ1n) is 6.62. The van der Waals surface area contributed by atoms with Crippen LogP contribution in [0.3, 0.4) is 0 Å². The first-order chi connectivity index (χ1) is 10.1. The average molecular weight is 326 g/mol. The first kappa shape index (κ1) is 20.4. The van der Waals surface area contributed by atoms with Crippen LogP contribution in [0.15, 0.2) is 0 Å². The van der Waals surface area contributed by atoms with Crippen LogP contribution in [-0.4, -0.2) is 82.4 Å². The summed E-state index contributed by atoms with van der Waals surface area (Å²) < 4.78 is 35.8. The number of rotatable bonds is 14. The Labute approximate surface area is 126 Å². The van der Waals surface area contributed by atoms with E-state index in [2.05, 4.69) is 4.74 Å². The lowest BCUT2D eigenvalue weighted by Crippen LogP contribution is -2.41. The van der Waals surface area contributed by atoms with Gasteiger partial charge in [-0.1, -0.05) is 0 Å². The number of carbonyl (C=O) groups excluding carboxylic acids is 1. The van der Waals surface area contributed by atoms with Crippen molar-refractivity contribution < 1.29 is 37.0 Å². The summed E-state index contributed by atoms with van der Waals surface area (Å²) in [5.41, 5.74) is 0. The number of methoxy groups -OCH3 is 1. The third-order valence-electron chi connectivity index (χ3n) is 2.53. The highest BCUT2D eigenvalue weighted by molar-refractivity contribution is 6.59. The zero-order valence-electron chi connectivity index (χ0n) is 13.2. The Morgan fingerprint density at radius 1 is 0.810 bits per heavy atom. The summed E-state index contributed by atoms with van der Waals surface area (Å²) in [6, 6.07) is 0. The highest BCUT2D eigenvalue weighted by Gasteiger charge is 2.31. The largest absolute Gasteiger partial charge is 0.497 e. The lowest BCUT2D eigenvalue weighted by atomic mass is 10.7. The van der Waals surface area contributed by atoms with Gasteiger partial charge in [0.15, 0.2) is 0 Å². The molecule has 0 heterocycles. The summed E-state index contributed by atoms with van der Waals surface area (Å²) in [6.45, 7) is 4.24. The topological polar surface area (TPSA) is 81.7 Å². The molecule has 0 aromatic rings. The van der Waals surface area contributed by atoms with Crippen molar-refractivity contribution in [3.63, 3.8) is 0 Å². The third-order valence-corrected chi connectivity index (χ3v) is 4.74. The predicted octanol–water partition coefficient (Wildman–Crippen LogP) is 0.0873. The van der Waals surface area contributed by atoms with Gasteiger partial charge in [-0.15, -0.1) is 0 Å². The van der Waals surface area contributed by atoms with Gasteiger partial charge in [0.2, 0.25) is 0 Å². The van der Waals surface area contributed by atoms with Crippen LogP contribution in [0.1, 0.15) is 0 Å². The molecule has 0 radical (unpaired) electrons. The van der Waals surface area contributed by atoms with Crippen molar-refractivity contribution in [1.82, 2.24) is 0 Å². The van der Waals surface area contributed by atoms with Crippen LogP contribution in [0.5, 0.6) is 0 Å². The van der Waals surface area contributed by atoms with E-state index >= 15 is 0 Å². The molecule has 0 aliphatic heterocycles. The molecule has 0 aromatic carbocycles. The van der Waals surface area contributed by atoms with Crippen molar-refractivity contribution in [2.75, 3.05) is 67.6 Å². The van der Waals surface area contributed by atoms with Crippen LogP contribution in [0.2, 0.25) is 6.55 Å². The van der Waals surface area contributed by atoms with E-state index < -0.39 is 14.8 Å². The maximum absolute atomic E-state index is 10.7. The Kier molecular flexibility index (Phi) is 12.8. The molecule has 0 unspecified atom stereocenters. The molecule has 0 saturated carbocycles. The maximum atomic E-state index is 10.7. The molecule has 9 heteroatoms. The Balaban J connectivity index is 3.24. The van der Waals surface area contributed by atoms with Gasteiger partial charge in [-0.25, -0.2) is 4.79 Å². The van der Waals surface area contributed by atoms with Gasteiger partial charge >= 0.3 is 14.8 Å². The van der Waals surface area contributed by atoms with E-state index in [1.807, 2.05) is 6.55 Å². The van der Waals surface area contributed by atoms with Crippen LogP contribution >= 0.6 is 0 Å². The standard InChI is InChI=1S/C12H26O8Si/c1-14-12(13)11-19-8-7-17-5-6-18-9-10-20-21(4,15-2)16-3/h5-11H2,1-4H3. The summed E-state index contributed by atoms with van der Waals surface area (Å²) in [4.78, 5) is 10.7. The predicted molar refractivity (Wildman–Crippen MR) is 76.1 cm³/mol. The molecule has 0 atom stereocenters. The van der Waals surface area contributed by atoms with Crippen molar-refractivity contribution >= 4 is 14.8 Å². The Morgan fingerprint density at radius 3 is 1.76 bits per heavy atom. The summed E-state index contributed by atoms with van der Waals surface area (Å²) in [6.07, 6.45) is 0. The fourth-order valence-electron chi connectivity index (χ4n) is 1.14. The van der Waals surface area contributed by atoms with Gasteiger partial charge in [0.25, 0.3) is 0 Å². The minimum Gasteiger partial charge on any atom is -0.467 e. The minimum atomic E-state index is -2.47. The second-order valence-corrected chi connectivity index (χ2v) is 6.80. The van der Waals surface area contributed by atoms with Gasteiger partial charge in [-0.2, -0.15) is 0 Å². The monoisotopic (exact) mass is 326 g/mol. The van der Waals surface area contributed by atoms with Crippen molar-refractivity contribution in [3.8, 4) is 0 Å². The van der Waals surface area contributed by atoms with Gasteiger partial charge in [0.1, 0.15) is 6.61 Å². The molecule has 0 aromatic heterocycles. The van der Waals surface area contributed by atoms with Gasteiger partial charge in [-0.3, -0.25) is 0 Å². The van der Waals surface area contributed by atoms with E-state index in [9.17, 15) is 4.79 Å². The van der Waals surface area contributed by atoms with Crippen molar-refractivity contribution in [3.05, 3.63) is 0 Å². The number of hydrogen-bond donors (Lipinski definition) is 0. The SMILES string of the molecule is COC(=O)COCCOCCOCCO[Si](C)(OC)OC. The fraction of sp³-hybridized carbons (Fsp3) is 0.917. The molecule has 0 bridgehead atoms. The molecular formula is C12H26O8Si. The number of esters is 1. The van der Waals surface area contributed by atoms with E-state index in [-0.39, 0.29) is 6.61 Å². The van der Waals surface area contributed by atoms with E-state index in [1.54, 1.807) is 14.2 Å². The van der Waals surface area contributed by atoms with E-state index in [4.69, 9.17) is 27.5 Å². The number of hydrogen-bond acceptors (Lipinski definition) is 8. The van der Waals surface area contributed by atoms with E-state index in [0.29, 0.717) is 39.6 Å². The van der Waals surface area contributed by atoms with Gasteiger partial charge in [0, 0.05) is 20.8 Å². The molecule has 0 spiro atoms. The van der Waals surface area contributed by atoms with Crippen LogP contribution in [0.4, 0.5) is 0 Å². The van der Waals surface area contributed by atoms with Crippen LogP contribution in [0.25, 0.3) is 0 Å². The molecular weight excluding hydrogens is 300 g/mol. The Morgan fingerprint density at radius 2 is 1.29 bits per heavy atom. The average Bonchev–Trinajstić information content (AvgIpc) is 2.51. The van der Waals surface area contributed by atoms with Crippen LogP contribution < -0.4 is 0 Å². The lowest BCUT2D eigenvalue weighted by Gasteiger charge is -2.21. The molecule has 0 saturated heterocycles. The molecule has 126 valence electrons. The number of ether oxygens (including phenoxy) is 4. The quantitative estimate of drug-likeness (QED) is 0.252. The normalized spacial score (nSPS) is 11.6. The minimum absolute atomic E-state index is 0.0602. The summed E-state index contributed by atoms with van der Waals surface area (Å²) in [7, 11) is 1.97. The molecule has 0 fully saturated rings. The third kappa shape index (κ3) is 11.7. The van der Waals surface area contributed by atoms with Crippen molar-refractivity contribution in [1.29, 1.82) is 0 Å². The highest BCUT2D eigenvalue weighted by atomic mass is 28.4. The summed E-state index contributed by atoms with van der Waals surface area (Å²) >= 11 is 0. The lowest BCUT2D eigenvalue weighted by molar-refractivity contribution is -0.146. The van der Waals surface area contributed by atoms with Crippen molar-refractivity contribution in [2.45, 2.75) is 6.55 Å². The van der Waals surface area contributed by atoms with E-state index in [1.165, 1.54) is 7.11 Å². The molecule has 0 rings (SSSR count). The Bertz CT molecular complexity index is 260. The molecule has 8 nitrogen and oxygen atoms in total. The molecule has 0 amide bonds. The van der Waals surface area contributed by atoms with E-state index in [0.717, 1.165) is 0 Å². The smallest absolute Gasteiger partial charge is 0.467 e. The fourth-order valence-corrected chi connectivity index (χ4v) is 2.00. The summed E-state index contributed by atoms with van der Waals surface area (Å²) in [5, 5.41) is 0. The van der Waals surface area contributed by atoms with Gasteiger partial charge in [0.05, 0.1) is 46.8 Å². The Hall–Kier alpha value is -0.553. The molecule has 0 N–H and O–H groups in total. The molecule has 0 aliphatic rings. The second kappa shape index (κ2) is 13.1. The number of carbonyl (C=O) groups is 1. The zero-order valence-corrected chi connectivity index (χ0v) is 14.2. The summed E-state index contributed by atoms with van der Waals surface area (Å²) in [5.74, 6) is -0.402. The second-order valence-electron chi connectivity index (χ2n) is 3.97. The maximum Gasteiger partial charge on any atom is 0.497 e. The first-order valence-corrected chi connectivity index (χ1v) is 8.84. The highest BCUT2D eigenvalue weighted by Crippen LogP contribution is 2.05. The van der Waals surface area contributed by atoms with Gasteiger partial charge < -0.3 is 32.2 Å². The molecule has 0 aliphatic carbocycles. The molecule has 21 heavy (non-hydrogen) atoms. The zero-order chi connectivity index (χ0) is 16.0.